The van der Waals surface area contributed by atoms with E-state index in [2.05, 4.69) is 49.4 Å². The Morgan fingerprint density at radius 3 is 2.50 bits per heavy atom. The summed E-state index contributed by atoms with van der Waals surface area (Å²) < 4.78 is 5.25. The van der Waals surface area contributed by atoms with E-state index >= 15 is 0 Å². The molecule has 7 heteroatoms. The first-order valence-electron chi connectivity index (χ1n) is 9.40. The number of carbonyl (C=O) groups excluding carboxylic acids is 1. The SMILES string of the molecule is Cc1cc(C(=O)NCc2ccco2)nc(N2CCN(c3ccccc3)CC2)n1. The third-order valence-electron chi connectivity index (χ3n) is 4.76. The molecule has 1 N–H and O–H groups in total. The zero-order valence-corrected chi connectivity index (χ0v) is 15.8. The van der Waals surface area contributed by atoms with Crippen molar-refractivity contribution in [2.45, 2.75) is 13.5 Å². The maximum absolute atomic E-state index is 12.5. The number of nitrogens with zero attached hydrogens (tertiary/aromatic N) is 4. The van der Waals surface area contributed by atoms with E-state index in [-0.39, 0.29) is 5.91 Å². The lowest BCUT2D eigenvalue weighted by Crippen LogP contribution is -2.47. The number of aromatic nitrogens is 2. The first-order valence-corrected chi connectivity index (χ1v) is 9.40. The van der Waals surface area contributed by atoms with Crippen LogP contribution in [0.2, 0.25) is 0 Å². The fourth-order valence-electron chi connectivity index (χ4n) is 3.29. The number of rotatable bonds is 5. The first kappa shape index (κ1) is 18.0. The van der Waals surface area contributed by atoms with Gasteiger partial charge in [-0.05, 0) is 37.3 Å². The van der Waals surface area contributed by atoms with Crippen LogP contribution in [0.5, 0.6) is 0 Å². The van der Waals surface area contributed by atoms with Crippen molar-refractivity contribution in [1.29, 1.82) is 0 Å². The van der Waals surface area contributed by atoms with Crippen LogP contribution in [0.3, 0.4) is 0 Å². The van der Waals surface area contributed by atoms with Crippen molar-refractivity contribution >= 4 is 17.5 Å². The Hall–Kier alpha value is -3.35. The lowest BCUT2D eigenvalue weighted by molar-refractivity contribution is 0.0943. The summed E-state index contributed by atoms with van der Waals surface area (Å²) in [5.74, 6) is 1.08. The molecule has 0 bridgehead atoms. The number of hydrogen-bond donors (Lipinski definition) is 1. The Morgan fingerprint density at radius 1 is 1.04 bits per heavy atom. The molecule has 0 unspecified atom stereocenters. The smallest absolute Gasteiger partial charge is 0.270 e. The van der Waals surface area contributed by atoms with Gasteiger partial charge in [-0.3, -0.25) is 4.79 Å². The van der Waals surface area contributed by atoms with Crippen LogP contribution in [0.1, 0.15) is 21.9 Å². The van der Waals surface area contributed by atoms with E-state index in [1.807, 2.05) is 19.1 Å². The van der Waals surface area contributed by atoms with E-state index in [0.29, 0.717) is 23.9 Å². The van der Waals surface area contributed by atoms with Crippen LogP contribution in [0.15, 0.2) is 59.2 Å². The molecule has 0 spiro atoms. The quantitative estimate of drug-likeness (QED) is 0.737. The predicted octanol–water partition coefficient (Wildman–Crippen LogP) is 2.63. The van der Waals surface area contributed by atoms with E-state index < -0.39 is 0 Å². The Bertz CT molecular complexity index is 919. The summed E-state index contributed by atoms with van der Waals surface area (Å²) in [5.41, 5.74) is 2.38. The number of piperazine rings is 1. The Morgan fingerprint density at radius 2 is 1.79 bits per heavy atom. The van der Waals surface area contributed by atoms with Crippen LogP contribution < -0.4 is 15.1 Å². The minimum absolute atomic E-state index is 0.230. The van der Waals surface area contributed by atoms with Gasteiger partial charge in [0.2, 0.25) is 5.95 Å². The summed E-state index contributed by atoms with van der Waals surface area (Å²) >= 11 is 0. The predicted molar refractivity (Wildman–Crippen MR) is 108 cm³/mol. The average molecular weight is 377 g/mol. The van der Waals surface area contributed by atoms with Gasteiger partial charge in [0, 0.05) is 37.6 Å². The van der Waals surface area contributed by atoms with Crippen molar-refractivity contribution in [2.75, 3.05) is 36.0 Å². The number of benzene rings is 1. The molecule has 0 atom stereocenters. The molecule has 144 valence electrons. The van der Waals surface area contributed by atoms with Crippen molar-refractivity contribution in [3.05, 3.63) is 71.9 Å². The maximum Gasteiger partial charge on any atom is 0.270 e. The minimum atomic E-state index is -0.230. The fraction of sp³-hybridized carbons (Fsp3) is 0.286. The lowest BCUT2D eigenvalue weighted by Gasteiger charge is -2.36. The summed E-state index contributed by atoms with van der Waals surface area (Å²) in [6, 6.07) is 15.7. The zero-order valence-electron chi connectivity index (χ0n) is 15.8. The van der Waals surface area contributed by atoms with Gasteiger partial charge in [0.15, 0.2) is 0 Å². The van der Waals surface area contributed by atoms with Crippen molar-refractivity contribution in [1.82, 2.24) is 15.3 Å². The van der Waals surface area contributed by atoms with Gasteiger partial charge in [-0.25, -0.2) is 9.97 Å². The highest BCUT2D eigenvalue weighted by Crippen LogP contribution is 2.18. The summed E-state index contributed by atoms with van der Waals surface area (Å²) in [6.45, 7) is 5.62. The van der Waals surface area contributed by atoms with Crippen LogP contribution in [-0.2, 0) is 6.54 Å². The molecular formula is C21H23N5O2. The van der Waals surface area contributed by atoms with Gasteiger partial charge in [0.05, 0.1) is 12.8 Å². The molecule has 1 aromatic carbocycles. The molecule has 1 fully saturated rings. The monoisotopic (exact) mass is 377 g/mol. The standard InChI is InChI=1S/C21H23N5O2/c1-16-14-19(20(27)22-15-18-8-5-13-28-18)24-21(23-16)26-11-9-25(10-12-26)17-6-3-2-4-7-17/h2-8,13-14H,9-12,15H2,1H3,(H,22,27). The molecule has 1 saturated heterocycles. The Labute approximate surface area is 164 Å². The number of para-hydroxylation sites is 1. The number of amides is 1. The van der Waals surface area contributed by atoms with Crippen LogP contribution >= 0.6 is 0 Å². The molecule has 0 saturated carbocycles. The number of anilines is 2. The summed E-state index contributed by atoms with van der Waals surface area (Å²) in [7, 11) is 0. The van der Waals surface area contributed by atoms with Crippen molar-refractivity contribution < 1.29 is 9.21 Å². The molecule has 7 nitrogen and oxygen atoms in total. The zero-order chi connectivity index (χ0) is 19.3. The molecule has 1 amide bonds. The van der Waals surface area contributed by atoms with Gasteiger partial charge >= 0.3 is 0 Å². The van der Waals surface area contributed by atoms with Crippen molar-refractivity contribution in [3.63, 3.8) is 0 Å². The summed E-state index contributed by atoms with van der Waals surface area (Å²) in [5, 5.41) is 2.84. The van der Waals surface area contributed by atoms with Crippen LogP contribution in [0.4, 0.5) is 11.6 Å². The second-order valence-electron chi connectivity index (χ2n) is 6.77. The fourth-order valence-corrected chi connectivity index (χ4v) is 3.29. The van der Waals surface area contributed by atoms with E-state index in [4.69, 9.17) is 4.42 Å². The molecule has 0 aliphatic carbocycles. The Kier molecular flexibility index (Phi) is 5.23. The van der Waals surface area contributed by atoms with Gasteiger partial charge in [-0.2, -0.15) is 0 Å². The molecular weight excluding hydrogens is 354 g/mol. The van der Waals surface area contributed by atoms with Gasteiger partial charge in [0.25, 0.3) is 5.91 Å². The number of furan rings is 1. The first-order chi connectivity index (χ1) is 13.7. The number of carbonyl (C=O) groups is 1. The van der Waals surface area contributed by atoms with Crippen LogP contribution in [0.25, 0.3) is 0 Å². The number of hydrogen-bond acceptors (Lipinski definition) is 6. The van der Waals surface area contributed by atoms with Crippen LogP contribution in [-0.4, -0.2) is 42.1 Å². The lowest BCUT2D eigenvalue weighted by atomic mass is 10.2. The van der Waals surface area contributed by atoms with E-state index in [1.54, 1.807) is 18.4 Å². The van der Waals surface area contributed by atoms with Crippen molar-refractivity contribution in [2.24, 2.45) is 0 Å². The third kappa shape index (κ3) is 4.14. The second-order valence-corrected chi connectivity index (χ2v) is 6.77. The van der Waals surface area contributed by atoms with Crippen LogP contribution in [0, 0.1) is 6.92 Å². The van der Waals surface area contributed by atoms with Gasteiger partial charge in [-0.1, -0.05) is 18.2 Å². The molecule has 1 aliphatic heterocycles. The minimum Gasteiger partial charge on any atom is -0.467 e. The highest BCUT2D eigenvalue weighted by molar-refractivity contribution is 5.92. The third-order valence-corrected chi connectivity index (χ3v) is 4.76. The second kappa shape index (κ2) is 8.12. The van der Waals surface area contributed by atoms with E-state index in [9.17, 15) is 4.79 Å². The molecule has 3 heterocycles. The number of nitrogens with one attached hydrogen (secondary N) is 1. The molecule has 28 heavy (non-hydrogen) atoms. The summed E-state index contributed by atoms with van der Waals surface area (Å²) in [6.07, 6.45) is 1.59. The van der Waals surface area contributed by atoms with Gasteiger partial charge < -0.3 is 19.5 Å². The van der Waals surface area contributed by atoms with Gasteiger partial charge in [-0.15, -0.1) is 0 Å². The largest absolute Gasteiger partial charge is 0.467 e. The van der Waals surface area contributed by atoms with Crippen molar-refractivity contribution in [3.8, 4) is 0 Å². The Balaban J connectivity index is 1.42. The average Bonchev–Trinajstić information content (AvgIpc) is 3.26. The normalized spacial score (nSPS) is 14.2. The molecule has 2 aromatic heterocycles. The molecule has 4 rings (SSSR count). The van der Waals surface area contributed by atoms with E-state index in [0.717, 1.165) is 31.9 Å². The highest BCUT2D eigenvalue weighted by Gasteiger charge is 2.21. The maximum atomic E-state index is 12.5. The molecule has 0 radical (unpaired) electrons. The van der Waals surface area contributed by atoms with E-state index in [1.165, 1.54) is 5.69 Å². The van der Waals surface area contributed by atoms with Gasteiger partial charge in [0.1, 0.15) is 11.5 Å². The summed E-state index contributed by atoms with van der Waals surface area (Å²) in [4.78, 5) is 26.0. The molecule has 1 aliphatic rings. The molecule has 3 aromatic rings. The number of aryl methyl sites for hydroxylation is 1. The topological polar surface area (TPSA) is 74.5 Å². The highest BCUT2D eigenvalue weighted by atomic mass is 16.3.